The lowest BCUT2D eigenvalue weighted by Gasteiger charge is -2.43. The van der Waals surface area contributed by atoms with E-state index < -0.39 is 5.91 Å². The molecule has 2 aliphatic rings. The standard InChI is InChI=1S/C25H36ClN7O/c1-16(2)21-23(26)30-25(22(29-21)24(27)34)28-18-5-6-20(17(3)15-18)33-13-11-32(12-14-33)19-7-9-31(4)10-8-19/h5-6,15-16,19H,7-14H2,1-4H3,(H2,27,34)(H,28,30). The second-order valence-electron chi connectivity index (χ2n) is 9.80. The van der Waals surface area contributed by atoms with Gasteiger partial charge in [0.25, 0.3) is 5.91 Å². The number of piperazine rings is 1. The lowest BCUT2D eigenvalue weighted by Crippen LogP contribution is -2.53. The molecule has 9 heteroatoms. The number of carbonyl (C=O) groups is 1. The van der Waals surface area contributed by atoms with E-state index in [1.165, 1.54) is 31.6 Å². The summed E-state index contributed by atoms with van der Waals surface area (Å²) in [6.07, 6.45) is 2.54. The van der Waals surface area contributed by atoms with E-state index in [-0.39, 0.29) is 22.6 Å². The third-order valence-electron chi connectivity index (χ3n) is 6.98. The normalized spacial score (nSPS) is 18.5. The van der Waals surface area contributed by atoms with E-state index in [9.17, 15) is 4.79 Å². The Bertz CT molecular complexity index is 1030. The summed E-state index contributed by atoms with van der Waals surface area (Å²) in [7, 11) is 2.21. The first kappa shape index (κ1) is 24.7. The first-order chi connectivity index (χ1) is 16.2. The molecule has 0 unspecified atom stereocenters. The molecule has 1 aromatic carbocycles. The van der Waals surface area contributed by atoms with Gasteiger partial charge in [0.15, 0.2) is 16.7 Å². The molecule has 2 saturated heterocycles. The number of carbonyl (C=O) groups excluding carboxylic acids is 1. The third-order valence-corrected chi connectivity index (χ3v) is 7.26. The number of hydrogen-bond donors (Lipinski definition) is 2. The minimum Gasteiger partial charge on any atom is -0.369 e. The molecule has 1 amide bonds. The number of nitrogens with two attached hydrogens (primary N) is 1. The molecule has 0 spiro atoms. The van der Waals surface area contributed by atoms with E-state index in [1.54, 1.807) is 0 Å². The number of anilines is 3. The number of amides is 1. The fraction of sp³-hybridized carbons (Fsp3) is 0.560. The van der Waals surface area contributed by atoms with Crippen molar-refractivity contribution in [2.24, 2.45) is 5.73 Å². The Labute approximate surface area is 207 Å². The molecule has 3 heterocycles. The Kier molecular flexibility index (Phi) is 7.60. The van der Waals surface area contributed by atoms with Gasteiger partial charge < -0.3 is 20.9 Å². The van der Waals surface area contributed by atoms with Crippen LogP contribution in [0.2, 0.25) is 5.15 Å². The van der Waals surface area contributed by atoms with E-state index in [4.69, 9.17) is 17.3 Å². The van der Waals surface area contributed by atoms with Crippen molar-refractivity contribution in [1.82, 2.24) is 19.8 Å². The van der Waals surface area contributed by atoms with Crippen LogP contribution in [0.4, 0.5) is 17.2 Å². The number of likely N-dealkylation sites (tertiary alicyclic amines) is 1. The van der Waals surface area contributed by atoms with Crippen LogP contribution in [0.5, 0.6) is 0 Å². The maximum atomic E-state index is 12.0. The summed E-state index contributed by atoms with van der Waals surface area (Å²) >= 11 is 6.32. The summed E-state index contributed by atoms with van der Waals surface area (Å²) in [5.41, 5.74) is 9.45. The largest absolute Gasteiger partial charge is 0.369 e. The molecule has 2 aromatic rings. The molecule has 0 saturated carbocycles. The lowest BCUT2D eigenvalue weighted by atomic mass is 10.0. The average molecular weight is 486 g/mol. The lowest BCUT2D eigenvalue weighted by molar-refractivity contribution is 0.0996. The monoisotopic (exact) mass is 485 g/mol. The predicted molar refractivity (Wildman–Crippen MR) is 138 cm³/mol. The molecule has 2 aliphatic heterocycles. The van der Waals surface area contributed by atoms with Gasteiger partial charge in [-0.05, 0) is 69.6 Å². The maximum absolute atomic E-state index is 12.0. The van der Waals surface area contributed by atoms with Gasteiger partial charge >= 0.3 is 0 Å². The Hall–Kier alpha value is -2.42. The number of hydrogen-bond acceptors (Lipinski definition) is 7. The molecule has 4 rings (SSSR count). The Balaban J connectivity index is 1.44. The summed E-state index contributed by atoms with van der Waals surface area (Å²) in [6.45, 7) is 12.7. The van der Waals surface area contributed by atoms with Gasteiger partial charge in [-0.3, -0.25) is 9.69 Å². The fourth-order valence-corrected chi connectivity index (χ4v) is 5.31. The average Bonchev–Trinajstić information content (AvgIpc) is 2.79. The molecule has 34 heavy (non-hydrogen) atoms. The molecule has 0 aliphatic carbocycles. The van der Waals surface area contributed by atoms with E-state index in [1.807, 2.05) is 19.9 Å². The fourth-order valence-electron chi connectivity index (χ4n) is 4.97. The zero-order chi connectivity index (χ0) is 24.4. The summed E-state index contributed by atoms with van der Waals surface area (Å²) in [4.78, 5) is 28.3. The summed E-state index contributed by atoms with van der Waals surface area (Å²) in [6, 6.07) is 6.92. The second kappa shape index (κ2) is 10.5. The Morgan fingerprint density at radius 1 is 1.12 bits per heavy atom. The highest BCUT2D eigenvalue weighted by Gasteiger charge is 2.27. The van der Waals surface area contributed by atoms with Gasteiger partial charge in [0, 0.05) is 43.6 Å². The number of aryl methyl sites for hydroxylation is 1. The van der Waals surface area contributed by atoms with E-state index in [0.717, 1.165) is 43.5 Å². The summed E-state index contributed by atoms with van der Waals surface area (Å²) in [5, 5.41) is 3.47. The Morgan fingerprint density at radius 2 is 1.79 bits per heavy atom. The minimum atomic E-state index is -0.635. The molecule has 8 nitrogen and oxygen atoms in total. The van der Waals surface area contributed by atoms with Crippen LogP contribution in [0.15, 0.2) is 18.2 Å². The van der Waals surface area contributed by atoms with Crippen molar-refractivity contribution in [3.05, 3.63) is 40.3 Å². The van der Waals surface area contributed by atoms with Crippen LogP contribution >= 0.6 is 11.6 Å². The predicted octanol–water partition coefficient (Wildman–Crippen LogP) is 3.62. The topological polar surface area (TPSA) is 90.6 Å². The van der Waals surface area contributed by atoms with E-state index in [0.29, 0.717) is 5.69 Å². The number of primary amides is 1. The molecule has 184 valence electrons. The van der Waals surface area contributed by atoms with Gasteiger partial charge in [0.1, 0.15) is 0 Å². The van der Waals surface area contributed by atoms with E-state index >= 15 is 0 Å². The quantitative estimate of drug-likeness (QED) is 0.645. The molecular weight excluding hydrogens is 450 g/mol. The third kappa shape index (κ3) is 5.45. The van der Waals surface area contributed by atoms with Crippen LogP contribution in [0.1, 0.15) is 54.4 Å². The van der Waals surface area contributed by atoms with Gasteiger partial charge in [-0.2, -0.15) is 0 Å². The maximum Gasteiger partial charge on any atom is 0.271 e. The van der Waals surface area contributed by atoms with Crippen molar-refractivity contribution in [2.45, 2.75) is 45.6 Å². The SMILES string of the molecule is Cc1cc(Nc2nc(Cl)c(C(C)C)nc2C(N)=O)ccc1N1CCN(C2CCN(C)CC2)CC1. The van der Waals surface area contributed by atoms with Gasteiger partial charge in [-0.1, -0.05) is 25.4 Å². The van der Waals surface area contributed by atoms with Crippen LogP contribution in [-0.4, -0.2) is 78.0 Å². The van der Waals surface area contributed by atoms with Crippen molar-refractivity contribution in [3.8, 4) is 0 Å². The highest BCUT2D eigenvalue weighted by Crippen LogP contribution is 2.29. The van der Waals surface area contributed by atoms with Gasteiger partial charge in [0.2, 0.25) is 0 Å². The van der Waals surface area contributed by atoms with E-state index in [2.05, 4.69) is 56.1 Å². The van der Waals surface area contributed by atoms with Gasteiger partial charge in [0.05, 0.1) is 5.69 Å². The molecule has 3 N–H and O–H groups in total. The van der Waals surface area contributed by atoms with Crippen molar-refractivity contribution in [1.29, 1.82) is 0 Å². The molecule has 1 aromatic heterocycles. The van der Waals surface area contributed by atoms with Crippen molar-refractivity contribution in [3.63, 3.8) is 0 Å². The number of nitrogens with zero attached hydrogens (tertiary/aromatic N) is 5. The zero-order valence-corrected chi connectivity index (χ0v) is 21.4. The molecule has 0 radical (unpaired) electrons. The summed E-state index contributed by atoms with van der Waals surface area (Å²) < 4.78 is 0. The van der Waals surface area contributed by atoms with Crippen LogP contribution in [-0.2, 0) is 0 Å². The molecule has 0 bridgehead atoms. The van der Waals surface area contributed by atoms with Gasteiger partial charge in [-0.15, -0.1) is 0 Å². The van der Waals surface area contributed by atoms with Gasteiger partial charge in [-0.25, -0.2) is 9.97 Å². The van der Waals surface area contributed by atoms with Crippen LogP contribution in [0, 0.1) is 6.92 Å². The number of benzene rings is 1. The smallest absolute Gasteiger partial charge is 0.271 e. The first-order valence-corrected chi connectivity index (χ1v) is 12.5. The number of rotatable bonds is 6. The van der Waals surface area contributed by atoms with Crippen LogP contribution in [0.3, 0.4) is 0 Å². The van der Waals surface area contributed by atoms with Crippen molar-refractivity contribution in [2.75, 3.05) is 56.5 Å². The minimum absolute atomic E-state index is 0.0357. The van der Waals surface area contributed by atoms with Crippen LogP contribution < -0.4 is 16.0 Å². The number of nitrogens with one attached hydrogen (secondary N) is 1. The number of halogens is 1. The highest BCUT2D eigenvalue weighted by atomic mass is 35.5. The first-order valence-electron chi connectivity index (χ1n) is 12.2. The van der Waals surface area contributed by atoms with Crippen LogP contribution in [0.25, 0.3) is 0 Å². The zero-order valence-electron chi connectivity index (χ0n) is 20.6. The second-order valence-corrected chi connectivity index (χ2v) is 10.2. The van der Waals surface area contributed by atoms with Crippen molar-refractivity contribution >= 4 is 34.7 Å². The summed E-state index contributed by atoms with van der Waals surface area (Å²) in [5.74, 6) is -0.321. The van der Waals surface area contributed by atoms with Crippen molar-refractivity contribution < 1.29 is 4.79 Å². The Morgan fingerprint density at radius 3 is 2.38 bits per heavy atom. The molecular formula is C25H36ClN7O. The highest BCUT2D eigenvalue weighted by molar-refractivity contribution is 6.30. The number of aromatic nitrogens is 2. The molecule has 2 fully saturated rings. The molecule has 0 atom stereocenters. The number of piperidine rings is 1.